The van der Waals surface area contributed by atoms with Gasteiger partial charge < -0.3 is 9.73 Å². The van der Waals surface area contributed by atoms with Crippen molar-refractivity contribution in [3.63, 3.8) is 0 Å². The number of hydrogen-bond donors (Lipinski definition) is 1. The van der Waals surface area contributed by atoms with Gasteiger partial charge in [0.2, 0.25) is 5.91 Å². The summed E-state index contributed by atoms with van der Waals surface area (Å²) in [6.45, 7) is 1.94. The molecule has 0 aliphatic heterocycles. The van der Waals surface area contributed by atoms with E-state index in [1.54, 1.807) is 30.3 Å². The highest BCUT2D eigenvalue weighted by Gasteiger charge is 2.12. The average Bonchev–Trinajstić information content (AvgIpc) is 2.55. The van der Waals surface area contributed by atoms with Gasteiger partial charge in [0.1, 0.15) is 5.58 Å². The maximum absolute atomic E-state index is 12.2. The molecular formula is C19H16ClNO3. The van der Waals surface area contributed by atoms with Gasteiger partial charge >= 0.3 is 5.63 Å². The van der Waals surface area contributed by atoms with Crippen molar-refractivity contribution in [1.29, 1.82) is 0 Å². The van der Waals surface area contributed by atoms with Crippen molar-refractivity contribution < 1.29 is 9.21 Å². The van der Waals surface area contributed by atoms with Crippen LogP contribution < -0.4 is 10.9 Å². The Bertz CT molecular complexity index is 962. The molecule has 0 aliphatic rings. The summed E-state index contributed by atoms with van der Waals surface area (Å²) in [5, 5.41) is 3.99. The highest BCUT2D eigenvalue weighted by atomic mass is 35.5. The molecule has 0 saturated heterocycles. The molecule has 0 fully saturated rings. The third kappa shape index (κ3) is 3.34. The molecule has 4 nitrogen and oxygen atoms in total. The zero-order valence-electron chi connectivity index (χ0n) is 13.1. The second-order valence-corrected chi connectivity index (χ2v) is 5.89. The summed E-state index contributed by atoms with van der Waals surface area (Å²) in [5.74, 6) is -0.0634. The summed E-state index contributed by atoms with van der Waals surface area (Å²) in [6, 6.07) is 14.1. The lowest BCUT2D eigenvalue weighted by atomic mass is 10.1. The lowest BCUT2D eigenvalue weighted by Gasteiger charge is -2.08. The number of para-hydroxylation sites is 1. The highest BCUT2D eigenvalue weighted by Crippen LogP contribution is 2.30. The number of anilines is 1. The third-order valence-corrected chi connectivity index (χ3v) is 3.97. The van der Waals surface area contributed by atoms with Gasteiger partial charge in [0.15, 0.2) is 0 Å². The van der Waals surface area contributed by atoms with E-state index in [0.29, 0.717) is 33.8 Å². The van der Waals surface area contributed by atoms with E-state index in [0.717, 1.165) is 11.8 Å². The van der Waals surface area contributed by atoms with Crippen LogP contribution >= 0.6 is 11.6 Å². The van der Waals surface area contributed by atoms with Crippen molar-refractivity contribution in [2.24, 2.45) is 0 Å². The number of hydrogen-bond acceptors (Lipinski definition) is 3. The van der Waals surface area contributed by atoms with Crippen molar-refractivity contribution in [3.8, 4) is 11.1 Å². The molecule has 5 heteroatoms. The zero-order chi connectivity index (χ0) is 17.1. The van der Waals surface area contributed by atoms with E-state index in [4.69, 9.17) is 16.0 Å². The van der Waals surface area contributed by atoms with Crippen LogP contribution in [0.2, 0.25) is 5.02 Å². The number of carbonyl (C=O) groups excluding carboxylic acids is 1. The first-order valence-electron chi connectivity index (χ1n) is 7.71. The summed E-state index contributed by atoms with van der Waals surface area (Å²) in [5.41, 5.74) is 1.66. The number of benzene rings is 2. The van der Waals surface area contributed by atoms with Crippen LogP contribution in [-0.4, -0.2) is 5.91 Å². The molecule has 1 N–H and O–H groups in total. The molecule has 1 amide bonds. The smallest absolute Gasteiger partial charge is 0.344 e. The van der Waals surface area contributed by atoms with E-state index in [2.05, 4.69) is 5.32 Å². The quantitative estimate of drug-likeness (QED) is 0.690. The van der Waals surface area contributed by atoms with Crippen LogP contribution in [0.5, 0.6) is 0 Å². The highest BCUT2D eigenvalue weighted by molar-refractivity contribution is 6.33. The van der Waals surface area contributed by atoms with Gasteiger partial charge in [-0.1, -0.05) is 42.8 Å². The maximum atomic E-state index is 12.2. The summed E-state index contributed by atoms with van der Waals surface area (Å²) in [7, 11) is 0. The fraction of sp³-hybridized carbons (Fsp3) is 0.158. The second kappa shape index (κ2) is 6.89. The minimum atomic E-state index is -0.446. The van der Waals surface area contributed by atoms with Crippen molar-refractivity contribution in [1.82, 2.24) is 0 Å². The fourth-order valence-electron chi connectivity index (χ4n) is 2.51. The molecule has 122 valence electrons. The Kier molecular flexibility index (Phi) is 4.67. The van der Waals surface area contributed by atoms with Crippen molar-refractivity contribution in [3.05, 3.63) is 64.0 Å². The Morgan fingerprint density at radius 1 is 1.12 bits per heavy atom. The van der Waals surface area contributed by atoms with E-state index in [1.807, 2.05) is 25.1 Å². The normalized spacial score (nSPS) is 10.8. The predicted molar refractivity (Wildman–Crippen MR) is 96.5 cm³/mol. The predicted octanol–water partition coefficient (Wildman–Crippen LogP) is 4.85. The molecule has 0 atom stereocenters. The van der Waals surface area contributed by atoms with Crippen LogP contribution in [0.1, 0.15) is 19.8 Å². The Hall–Kier alpha value is -2.59. The second-order valence-electron chi connectivity index (χ2n) is 5.48. The summed E-state index contributed by atoms with van der Waals surface area (Å²) < 4.78 is 5.34. The van der Waals surface area contributed by atoms with Gasteiger partial charge in [0, 0.05) is 23.1 Å². The van der Waals surface area contributed by atoms with E-state index < -0.39 is 5.63 Å². The van der Waals surface area contributed by atoms with Crippen LogP contribution in [0, 0.1) is 0 Å². The van der Waals surface area contributed by atoms with E-state index in [1.165, 1.54) is 0 Å². The SMILES string of the molecule is CCCC(=O)Nc1ccc(-c2cc3ccccc3oc2=O)c(Cl)c1. The number of halogens is 1. The standard InChI is InChI=1S/C19H16ClNO3/c1-2-5-18(22)21-13-8-9-14(16(20)11-13)15-10-12-6-3-4-7-17(12)24-19(15)23/h3-4,6-11H,2,5H2,1H3,(H,21,22). The minimum Gasteiger partial charge on any atom is -0.422 e. The number of amides is 1. The molecule has 3 aromatic rings. The third-order valence-electron chi connectivity index (χ3n) is 3.66. The van der Waals surface area contributed by atoms with Gasteiger partial charge in [-0.2, -0.15) is 0 Å². The Balaban J connectivity index is 1.99. The van der Waals surface area contributed by atoms with Gasteiger partial charge in [0.05, 0.1) is 10.6 Å². The molecule has 1 aromatic heterocycles. The topological polar surface area (TPSA) is 59.3 Å². The monoisotopic (exact) mass is 341 g/mol. The summed E-state index contributed by atoms with van der Waals surface area (Å²) in [6.07, 6.45) is 1.23. The number of fused-ring (bicyclic) bond motifs is 1. The first kappa shape index (κ1) is 16.3. The van der Waals surface area contributed by atoms with E-state index >= 15 is 0 Å². The number of carbonyl (C=O) groups is 1. The van der Waals surface area contributed by atoms with Gasteiger partial charge in [-0.15, -0.1) is 0 Å². The van der Waals surface area contributed by atoms with Crippen molar-refractivity contribution in [2.75, 3.05) is 5.32 Å². The van der Waals surface area contributed by atoms with Crippen LogP contribution in [-0.2, 0) is 4.79 Å². The maximum Gasteiger partial charge on any atom is 0.344 e. The first-order valence-corrected chi connectivity index (χ1v) is 8.09. The van der Waals surface area contributed by atoms with Crippen LogP contribution in [0.15, 0.2) is 57.7 Å². The Morgan fingerprint density at radius 2 is 1.92 bits per heavy atom. The molecule has 3 rings (SSSR count). The van der Waals surface area contributed by atoms with Gasteiger partial charge in [-0.25, -0.2) is 4.79 Å². The van der Waals surface area contributed by atoms with Crippen LogP contribution in [0.25, 0.3) is 22.1 Å². The molecule has 0 aliphatic carbocycles. The molecule has 24 heavy (non-hydrogen) atoms. The average molecular weight is 342 g/mol. The first-order chi connectivity index (χ1) is 11.6. The molecule has 0 saturated carbocycles. The Morgan fingerprint density at radius 3 is 2.67 bits per heavy atom. The lowest BCUT2D eigenvalue weighted by molar-refractivity contribution is -0.116. The minimum absolute atomic E-state index is 0.0634. The molecule has 0 spiro atoms. The molecule has 1 heterocycles. The number of rotatable bonds is 4. The van der Waals surface area contributed by atoms with Crippen LogP contribution in [0.4, 0.5) is 5.69 Å². The van der Waals surface area contributed by atoms with Crippen molar-refractivity contribution in [2.45, 2.75) is 19.8 Å². The molecule has 0 bridgehead atoms. The fourth-order valence-corrected chi connectivity index (χ4v) is 2.79. The molecule has 0 radical (unpaired) electrons. The van der Waals surface area contributed by atoms with Gasteiger partial charge in [-0.3, -0.25) is 4.79 Å². The lowest BCUT2D eigenvalue weighted by Crippen LogP contribution is -2.10. The molecule has 2 aromatic carbocycles. The van der Waals surface area contributed by atoms with Gasteiger partial charge in [-0.05, 0) is 30.7 Å². The van der Waals surface area contributed by atoms with E-state index in [9.17, 15) is 9.59 Å². The van der Waals surface area contributed by atoms with Crippen LogP contribution in [0.3, 0.4) is 0 Å². The zero-order valence-corrected chi connectivity index (χ0v) is 13.9. The van der Waals surface area contributed by atoms with Crippen molar-refractivity contribution >= 4 is 34.2 Å². The summed E-state index contributed by atoms with van der Waals surface area (Å²) in [4.78, 5) is 23.9. The largest absolute Gasteiger partial charge is 0.422 e. The van der Waals surface area contributed by atoms with E-state index in [-0.39, 0.29) is 5.91 Å². The Labute approximate surface area is 144 Å². The van der Waals surface area contributed by atoms with Gasteiger partial charge in [0.25, 0.3) is 0 Å². The summed E-state index contributed by atoms with van der Waals surface area (Å²) >= 11 is 6.32. The molecule has 0 unspecified atom stereocenters. The number of nitrogens with one attached hydrogen (secondary N) is 1. The molecular weight excluding hydrogens is 326 g/mol.